The van der Waals surface area contributed by atoms with Gasteiger partial charge in [-0.15, -0.1) is 24.2 Å². The topological polar surface area (TPSA) is 101 Å². The van der Waals surface area contributed by atoms with Crippen molar-refractivity contribution in [2.45, 2.75) is 31.2 Å². The highest BCUT2D eigenvalue weighted by Gasteiger charge is 2.33. The van der Waals surface area contributed by atoms with Crippen molar-refractivity contribution in [2.75, 3.05) is 30.7 Å². The van der Waals surface area contributed by atoms with Gasteiger partial charge in [0, 0.05) is 24.0 Å². The summed E-state index contributed by atoms with van der Waals surface area (Å²) in [4.78, 5) is 26.3. The lowest BCUT2D eigenvalue weighted by Crippen LogP contribution is -2.53. The number of nitrogens with zero attached hydrogens (tertiary/aromatic N) is 1. The van der Waals surface area contributed by atoms with Crippen LogP contribution in [0.15, 0.2) is 29.2 Å². The molecule has 0 saturated carbocycles. The third-order valence-corrected chi connectivity index (χ3v) is 5.39. The minimum Gasteiger partial charge on any atom is -0.369 e. The number of nitrogens with one attached hydrogen (secondary N) is 1. The van der Waals surface area contributed by atoms with Crippen molar-refractivity contribution in [1.82, 2.24) is 4.90 Å². The van der Waals surface area contributed by atoms with Crippen molar-refractivity contribution in [1.29, 1.82) is 0 Å². The van der Waals surface area contributed by atoms with Crippen molar-refractivity contribution in [3.8, 4) is 0 Å². The fraction of sp³-hybridized carbons (Fsp3) is 0.529. The maximum Gasteiger partial charge on any atom is 0.238 e. The Balaban J connectivity index is 0.00000312. The van der Waals surface area contributed by atoms with E-state index in [9.17, 15) is 9.59 Å². The van der Waals surface area contributed by atoms with Gasteiger partial charge < -0.3 is 16.8 Å². The summed E-state index contributed by atoms with van der Waals surface area (Å²) in [5, 5.41) is 2.94. The second-order valence-electron chi connectivity index (χ2n) is 6.89. The lowest BCUT2D eigenvalue weighted by molar-refractivity contribution is -0.118. The van der Waals surface area contributed by atoms with E-state index >= 15 is 0 Å². The summed E-state index contributed by atoms with van der Waals surface area (Å²) in [6.07, 6.45) is 0.894. The lowest BCUT2D eigenvalue weighted by atomic mass is 9.80. The van der Waals surface area contributed by atoms with Crippen molar-refractivity contribution >= 4 is 41.7 Å². The molecular formula is C17H27ClN4O2S. The van der Waals surface area contributed by atoms with Gasteiger partial charge in [0.25, 0.3) is 0 Å². The highest BCUT2D eigenvalue weighted by Crippen LogP contribution is 2.28. The van der Waals surface area contributed by atoms with Crippen molar-refractivity contribution in [3.05, 3.63) is 24.3 Å². The molecule has 8 heteroatoms. The number of carbonyl (C=O) groups excluding carboxylic acids is 2. The van der Waals surface area contributed by atoms with Gasteiger partial charge in [-0.1, -0.05) is 26.0 Å². The standard InChI is InChI=1S/C17H26N4O2S.ClH/c1-17(2)11-21(8-7-14(17)18)9-16(23)20-12-5-3-4-6-13(12)24-10-15(19)22;/h3-6,14H,7-11,18H2,1-2H3,(H2,19,22)(H,20,23);1H. The van der Waals surface area contributed by atoms with E-state index < -0.39 is 0 Å². The van der Waals surface area contributed by atoms with Crippen molar-refractivity contribution in [3.63, 3.8) is 0 Å². The monoisotopic (exact) mass is 386 g/mol. The first-order valence-corrected chi connectivity index (χ1v) is 9.04. The summed E-state index contributed by atoms with van der Waals surface area (Å²) in [6.45, 7) is 6.25. The fourth-order valence-electron chi connectivity index (χ4n) is 2.86. The summed E-state index contributed by atoms with van der Waals surface area (Å²) in [7, 11) is 0. The normalized spacial score (nSPS) is 19.7. The molecule has 0 aromatic heterocycles. The van der Waals surface area contributed by atoms with E-state index in [-0.39, 0.29) is 41.4 Å². The number of hydrogen-bond donors (Lipinski definition) is 3. The molecule has 2 amide bonds. The zero-order chi connectivity index (χ0) is 17.7. The third-order valence-electron chi connectivity index (χ3n) is 4.29. The highest BCUT2D eigenvalue weighted by molar-refractivity contribution is 8.00. The number of likely N-dealkylation sites (tertiary alicyclic amines) is 1. The molecule has 1 aromatic carbocycles. The summed E-state index contributed by atoms with van der Waals surface area (Å²) in [5.41, 5.74) is 12.0. The summed E-state index contributed by atoms with van der Waals surface area (Å²) < 4.78 is 0. The first kappa shape index (κ1) is 21.8. The van der Waals surface area contributed by atoms with Gasteiger partial charge in [-0.2, -0.15) is 0 Å². The van der Waals surface area contributed by atoms with Crippen LogP contribution in [-0.4, -0.2) is 48.1 Å². The largest absolute Gasteiger partial charge is 0.369 e. The van der Waals surface area contributed by atoms with Crippen molar-refractivity contribution in [2.24, 2.45) is 16.9 Å². The van der Waals surface area contributed by atoms with Crippen LogP contribution >= 0.6 is 24.2 Å². The second kappa shape index (κ2) is 9.43. The third kappa shape index (κ3) is 6.51. The van der Waals surface area contributed by atoms with Crippen LogP contribution in [0.1, 0.15) is 20.3 Å². The van der Waals surface area contributed by atoms with Gasteiger partial charge in [0.05, 0.1) is 18.0 Å². The molecule has 1 unspecified atom stereocenters. The maximum absolute atomic E-state index is 12.4. The molecule has 140 valence electrons. The van der Waals surface area contributed by atoms with Crippen LogP contribution in [0.25, 0.3) is 0 Å². The molecule has 0 radical (unpaired) electrons. The first-order valence-electron chi connectivity index (χ1n) is 8.06. The van der Waals surface area contributed by atoms with Crippen LogP contribution in [0.4, 0.5) is 5.69 Å². The zero-order valence-electron chi connectivity index (χ0n) is 14.7. The smallest absolute Gasteiger partial charge is 0.238 e. The van der Waals surface area contributed by atoms with Gasteiger partial charge in [-0.25, -0.2) is 0 Å². The Morgan fingerprint density at radius 1 is 1.36 bits per heavy atom. The van der Waals surface area contributed by atoms with Gasteiger partial charge in [0.15, 0.2) is 0 Å². The molecule has 2 rings (SSSR count). The molecular weight excluding hydrogens is 360 g/mol. The number of thioether (sulfide) groups is 1. The Bertz CT molecular complexity index is 612. The Labute approximate surface area is 159 Å². The molecule has 1 aromatic rings. The minimum atomic E-state index is -0.381. The summed E-state index contributed by atoms with van der Waals surface area (Å²) in [6, 6.07) is 7.59. The van der Waals surface area contributed by atoms with E-state index in [4.69, 9.17) is 11.5 Å². The predicted molar refractivity (Wildman–Crippen MR) is 105 cm³/mol. The molecule has 0 spiro atoms. The van der Waals surface area contributed by atoms with Crippen LogP contribution in [-0.2, 0) is 9.59 Å². The number of nitrogens with two attached hydrogens (primary N) is 2. The molecule has 1 heterocycles. The molecule has 25 heavy (non-hydrogen) atoms. The minimum absolute atomic E-state index is 0. The van der Waals surface area contributed by atoms with Crippen LogP contribution in [0.5, 0.6) is 0 Å². The fourth-order valence-corrected chi connectivity index (χ4v) is 3.60. The molecule has 1 aliphatic rings. The highest BCUT2D eigenvalue weighted by atomic mass is 35.5. The van der Waals surface area contributed by atoms with E-state index in [0.717, 1.165) is 24.4 Å². The maximum atomic E-state index is 12.4. The van der Waals surface area contributed by atoms with Gasteiger partial charge in [0.2, 0.25) is 11.8 Å². The number of hydrogen-bond acceptors (Lipinski definition) is 5. The molecule has 1 fully saturated rings. The number of para-hydroxylation sites is 1. The number of rotatable bonds is 6. The number of anilines is 1. The molecule has 6 nitrogen and oxygen atoms in total. The van der Waals surface area contributed by atoms with E-state index in [0.29, 0.717) is 12.2 Å². The SMILES string of the molecule is CC1(C)CN(CC(=O)Nc2ccccc2SCC(N)=O)CCC1N.Cl. The van der Waals surface area contributed by atoms with Gasteiger partial charge in [-0.05, 0) is 24.0 Å². The molecule has 1 atom stereocenters. The Morgan fingerprint density at radius 3 is 2.68 bits per heavy atom. The lowest BCUT2D eigenvalue weighted by Gasteiger charge is -2.42. The number of primary amides is 1. The number of carbonyl (C=O) groups is 2. The van der Waals surface area contributed by atoms with E-state index in [1.165, 1.54) is 11.8 Å². The van der Waals surface area contributed by atoms with Crippen LogP contribution in [0.3, 0.4) is 0 Å². The van der Waals surface area contributed by atoms with Gasteiger partial charge >= 0.3 is 0 Å². The number of amides is 2. The van der Waals surface area contributed by atoms with Gasteiger partial charge in [-0.3, -0.25) is 14.5 Å². The van der Waals surface area contributed by atoms with Crippen molar-refractivity contribution < 1.29 is 9.59 Å². The Kier molecular flexibility index (Phi) is 8.21. The predicted octanol–water partition coefficient (Wildman–Crippen LogP) is 1.68. The van der Waals surface area contributed by atoms with E-state index in [2.05, 4.69) is 24.1 Å². The van der Waals surface area contributed by atoms with E-state index in [1.807, 2.05) is 24.3 Å². The van der Waals surface area contributed by atoms with Crippen LogP contribution in [0, 0.1) is 5.41 Å². The average Bonchev–Trinajstić information content (AvgIpc) is 2.49. The average molecular weight is 387 g/mol. The number of piperidine rings is 1. The molecule has 1 saturated heterocycles. The second-order valence-corrected chi connectivity index (χ2v) is 7.91. The van der Waals surface area contributed by atoms with Gasteiger partial charge in [0.1, 0.15) is 0 Å². The summed E-state index contributed by atoms with van der Waals surface area (Å²) >= 11 is 1.32. The van der Waals surface area contributed by atoms with Crippen LogP contribution in [0.2, 0.25) is 0 Å². The van der Waals surface area contributed by atoms with E-state index in [1.54, 1.807) is 0 Å². The Morgan fingerprint density at radius 2 is 2.04 bits per heavy atom. The number of halogens is 1. The summed E-state index contributed by atoms with van der Waals surface area (Å²) in [5.74, 6) is -0.258. The molecule has 5 N–H and O–H groups in total. The molecule has 0 aliphatic carbocycles. The molecule has 1 aliphatic heterocycles. The first-order chi connectivity index (χ1) is 11.3. The molecule has 0 bridgehead atoms. The quantitative estimate of drug-likeness (QED) is 0.645. The number of benzene rings is 1. The van der Waals surface area contributed by atoms with Crippen LogP contribution < -0.4 is 16.8 Å². The Hall–Kier alpha value is -1.28. The zero-order valence-corrected chi connectivity index (χ0v) is 16.3.